The molecule has 0 amide bonds. The molecule has 0 saturated carbocycles. The van der Waals surface area contributed by atoms with Gasteiger partial charge in [0.2, 0.25) is 0 Å². The molecule has 0 spiro atoms. The number of rotatable bonds is 81. The smallest absolute Gasteiger partial charge is 0.462 e. The summed E-state index contributed by atoms with van der Waals surface area (Å²) < 4.78 is 68.7. The van der Waals surface area contributed by atoms with Crippen molar-refractivity contribution < 1.29 is 80.2 Å². The molecular weight excluding hydrogens is 1290 g/mol. The minimum absolute atomic E-state index is 0.109. The Morgan fingerprint density at radius 2 is 0.404 bits per heavy atom. The number of aliphatic hydroxyl groups excluding tert-OH is 1. The minimum Gasteiger partial charge on any atom is -0.462 e. The monoisotopic (exact) mass is 1450 g/mol. The fourth-order valence-electron chi connectivity index (χ4n) is 12.5. The summed E-state index contributed by atoms with van der Waals surface area (Å²) in [5.74, 6) is -2.10. The van der Waals surface area contributed by atoms with Crippen molar-refractivity contribution in [2.24, 2.45) is 0 Å². The molecule has 0 rings (SSSR count). The first-order chi connectivity index (χ1) is 48.2. The van der Waals surface area contributed by atoms with E-state index in [0.717, 1.165) is 89.9 Å². The van der Waals surface area contributed by atoms with Crippen LogP contribution in [-0.4, -0.2) is 96.7 Å². The number of aliphatic hydroxyl groups is 1. The number of carbonyl (C=O) groups excluding carboxylic acids is 4. The first-order valence-electron chi connectivity index (χ1n) is 41.8. The molecule has 0 saturated heterocycles. The lowest BCUT2D eigenvalue weighted by Crippen LogP contribution is -2.30. The molecule has 0 heterocycles. The Morgan fingerprint density at radius 3 is 0.596 bits per heavy atom. The molecule has 5 atom stereocenters. The van der Waals surface area contributed by atoms with Crippen LogP contribution >= 0.6 is 15.6 Å². The van der Waals surface area contributed by atoms with E-state index in [1.807, 2.05) is 0 Å². The van der Waals surface area contributed by atoms with E-state index >= 15 is 0 Å². The largest absolute Gasteiger partial charge is 0.472 e. The van der Waals surface area contributed by atoms with Gasteiger partial charge in [-0.05, 0) is 25.7 Å². The summed E-state index contributed by atoms with van der Waals surface area (Å²) >= 11 is 0. The normalized spacial score (nSPS) is 13.8. The van der Waals surface area contributed by atoms with Gasteiger partial charge in [0.25, 0.3) is 0 Å². The summed E-state index contributed by atoms with van der Waals surface area (Å²) in [5, 5.41) is 10.6. The number of esters is 4. The number of hydrogen-bond donors (Lipinski definition) is 3. The van der Waals surface area contributed by atoms with E-state index in [0.29, 0.717) is 25.7 Å². The lowest BCUT2D eigenvalue weighted by molar-refractivity contribution is -0.161. The first-order valence-corrected chi connectivity index (χ1v) is 44.8. The number of ether oxygens (including phenoxy) is 4. The molecular formula is C80H156O17P2. The highest BCUT2D eigenvalue weighted by Crippen LogP contribution is 2.45. The highest BCUT2D eigenvalue weighted by Gasteiger charge is 2.30. The summed E-state index contributed by atoms with van der Waals surface area (Å²) in [5.41, 5.74) is 0. The van der Waals surface area contributed by atoms with Crippen LogP contribution in [0.15, 0.2) is 0 Å². The number of phosphoric ester groups is 2. The van der Waals surface area contributed by atoms with Crippen molar-refractivity contribution in [3.63, 3.8) is 0 Å². The van der Waals surface area contributed by atoms with Crippen LogP contribution in [0.2, 0.25) is 0 Å². The molecule has 19 heteroatoms. The number of unbranched alkanes of at least 4 members (excludes halogenated alkanes) is 55. The molecule has 0 bridgehead atoms. The van der Waals surface area contributed by atoms with Crippen molar-refractivity contribution in [1.29, 1.82) is 0 Å². The van der Waals surface area contributed by atoms with Crippen LogP contribution in [0, 0.1) is 0 Å². The topological polar surface area (TPSA) is 237 Å². The molecule has 17 nitrogen and oxygen atoms in total. The first kappa shape index (κ1) is 97.1. The molecule has 0 aliphatic heterocycles. The van der Waals surface area contributed by atoms with E-state index in [2.05, 4.69) is 27.7 Å². The molecule has 0 aromatic heterocycles. The van der Waals surface area contributed by atoms with Gasteiger partial charge < -0.3 is 33.8 Å². The van der Waals surface area contributed by atoms with Crippen LogP contribution in [0.4, 0.5) is 0 Å². The van der Waals surface area contributed by atoms with Gasteiger partial charge in [0.05, 0.1) is 26.4 Å². The fourth-order valence-corrected chi connectivity index (χ4v) is 14.0. The van der Waals surface area contributed by atoms with Crippen molar-refractivity contribution in [2.45, 2.75) is 451 Å². The van der Waals surface area contributed by atoms with E-state index in [1.165, 1.54) is 263 Å². The van der Waals surface area contributed by atoms with Crippen molar-refractivity contribution in [3.05, 3.63) is 0 Å². The van der Waals surface area contributed by atoms with Gasteiger partial charge in [-0.15, -0.1) is 0 Å². The van der Waals surface area contributed by atoms with Crippen molar-refractivity contribution in [3.8, 4) is 0 Å². The SMILES string of the molecule is CCCCCCCCCCCCCCCCCCCCC(=O)O[C@H](COC(=O)CCCCCCCCCCCCCCCCCC)COP(=O)(O)OC[C@@H](O)COP(=O)(O)OC[C@@H](COC(=O)CCCCCCCCCCCCCC)OC(=O)CCCCCCCCCCCCCCC. The van der Waals surface area contributed by atoms with E-state index in [4.69, 9.17) is 37.0 Å². The Hall–Kier alpha value is -1.94. The van der Waals surface area contributed by atoms with Gasteiger partial charge in [-0.3, -0.25) is 37.3 Å². The van der Waals surface area contributed by atoms with Gasteiger partial charge >= 0.3 is 39.5 Å². The third-order valence-corrected chi connectivity index (χ3v) is 20.8. The maximum Gasteiger partial charge on any atom is 0.472 e. The molecule has 0 aromatic rings. The molecule has 588 valence electrons. The van der Waals surface area contributed by atoms with E-state index < -0.39 is 97.5 Å². The predicted molar refractivity (Wildman–Crippen MR) is 405 cm³/mol. The molecule has 99 heavy (non-hydrogen) atoms. The average Bonchev–Trinajstić information content (AvgIpc) is 0.994. The van der Waals surface area contributed by atoms with Gasteiger partial charge in [0.1, 0.15) is 19.3 Å². The molecule has 3 N–H and O–H groups in total. The molecule has 0 aliphatic carbocycles. The van der Waals surface area contributed by atoms with Gasteiger partial charge in [0, 0.05) is 25.7 Å². The van der Waals surface area contributed by atoms with Gasteiger partial charge in [-0.25, -0.2) is 9.13 Å². The number of carbonyl (C=O) groups is 4. The summed E-state index contributed by atoms with van der Waals surface area (Å²) in [7, 11) is -9.92. The van der Waals surface area contributed by atoms with Crippen LogP contribution in [-0.2, 0) is 65.4 Å². The lowest BCUT2D eigenvalue weighted by atomic mass is 10.0. The Kier molecular flexibility index (Phi) is 72.9. The van der Waals surface area contributed by atoms with Gasteiger partial charge in [0.15, 0.2) is 12.2 Å². The standard InChI is InChI=1S/C80H156O17P2/c1-5-9-13-17-21-25-29-33-35-37-38-40-43-47-51-55-59-63-67-80(85)97-76(71-91-78(83)65-61-57-53-49-45-42-39-36-34-30-26-22-18-14-10-6-2)73-95-99(88,89)93-69-74(81)68-92-98(86,87)94-72-75(70-90-77(82)64-60-56-52-48-44-32-28-24-20-16-12-8-4)96-79(84)66-62-58-54-50-46-41-31-27-23-19-15-11-7-3/h74-76,81H,5-73H2,1-4H3,(H,86,87)(H,88,89)/t74-,75+,76+/m0/s1. The van der Waals surface area contributed by atoms with Crippen molar-refractivity contribution in [1.82, 2.24) is 0 Å². The van der Waals surface area contributed by atoms with E-state index in [9.17, 15) is 43.2 Å². The van der Waals surface area contributed by atoms with E-state index in [1.54, 1.807) is 0 Å². The Balaban J connectivity index is 5.25. The van der Waals surface area contributed by atoms with Gasteiger partial charge in [-0.2, -0.15) is 0 Å². The maximum atomic E-state index is 13.1. The molecule has 0 radical (unpaired) electrons. The molecule has 0 fully saturated rings. The lowest BCUT2D eigenvalue weighted by Gasteiger charge is -2.21. The highest BCUT2D eigenvalue weighted by atomic mass is 31.2. The zero-order valence-electron chi connectivity index (χ0n) is 64.5. The zero-order valence-corrected chi connectivity index (χ0v) is 66.3. The van der Waals surface area contributed by atoms with Crippen molar-refractivity contribution >= 4 is 39.5 Å². The highest BCUT2D eigenvalue weighted by molar-refractivity contribution is 7.47. The quantitative estimate of drug-likeness (QED) is 0.0222. The molecule has 0 aliphatic rings. The number of hydrogen-bond acceptors (Lipinski definition) is 15. The summed E-state index contributed by atoms with van der Waals surface area (Å²) in [6, 6.07) is 0. The van der Waals surface area contributed by atoms with Crippen LogP contribution in [0.1, 0.15) is 432 Å². The Morgan fingerprint density at radius 1 is 0.242 bits per heavy atom. The fraction of sp³-hybridized carbons (Fsp3) is 0.950. The second-order valence-electron chi connectivity index (χ2n) is 28.8. The number of phosphoric acid groups is 2. The second-order valence-corrected chi connectivity index (χ2v) is 31.7. The van der Waals surface area contributed by atoms with Crippen LogP contribution in [0.5, 0.6) is 0 Å². The second kappa shape index (κ2) is 74.3. The third kappa shape index (κ3) is 74.1. The van der Waals surface area contributed by atoms with Crippen LogP contribution < -0.4 is 0 Å². The maximum absolute atomic E-state index is 13.1. The summed E-state index contributed by atoms with van der Waals surface area (Å²) in [6.45, 7) is 5.03. The van der Waals surface area contributed by atoms with Crippen molar-refractivity contribution in [2.75, 3.05) is 39.6 Å². The summed E-state index contributed by atoms with van der Waals surface area (Å²) in [4.78, 5) is 73.0. The third-order valence-electron chi connectivity index (χ3n) is 18.9. The van der Waals surface area contributed by atoms with Crippen LogP contribution in [0.3, 0.4) is 0 Å². The molecule has 0 aromatic carbocycles. The zero-order chi connectivity index (χ0) is 72.5. The minimum atomic E-state index is -4.96. The summed E-state index contributed by atoms with van der Waals surface area (Å²) in [6.07, 6.45) is 66.4. The Bertz CT molecular complexity index is 1880. The Labute approximate surface area is 607 Å². The average molecular weight is 1450 g/mol. The van der Waals surface area contributed by atoms with Gasteiger partial charge in [-0.1, -0.05) is 381 Å². The van der Waals surface area contributed by atoms with E-state index in [-0.39, 0.29) is 25.7 Å². The molecule has 2 unspecified atom stereocenters. The van der Waals surface area contributed by atoms with Crippen LogP contribution in [0.25, 0.3) is 0 Å². The predicted octanol–water partition coefficient (Wildman–Crippen LogP) is 24.2.